The van der Waals surface area contributed by atoms with Crippen LogP contribution >= 0.6 is 0 Å². The number of piperidine rings is 1. The van der Waals surface area contributed by atoms with E-state index in [1.807, 2.05) is 6.07 Å². The summed E-state index contributed by atoms with van der Waals surface area (Å²) < 4.78 is 13.5. The van der Waals surface area contributed by atoms with E-state index in [2.05, 4.69) is 10.2 Å². The highest BCUT2D eigenvalue weighted by Crippen LogP contribution is 2.25. The van der Waals surface area contributed by atoms with Gasteiger partial charge in [0.1, 0.15) is 5.82 Å². The van der Waals surface area contributed by atoms with E-state index in [1.54, 1.807) is 7.05 Å². The first-order chi connectivity index (χ1) is 9.13. The predicted molar refractivity (Wildman–Crippen MR) is 73.3 cm³/mol. The van der Waals surface area contributed by atoms with Crippen LogP contribution in [0.3, 0.4) is 0 Å². The maximum absolute atomic E-state index is 13.5. The van der Waals surface area contributed by atoms with Crippen molar-refractivity contribution in [1.29, 1.82) is 0 Å². The van der Waals surface area contributed by atoms with E-state index in [-0.39, 0.29) is 17.6 Å². The Hall–Kier alpha value is -1.62. The lowest BCUT2D eigenvalue weighted by atomic mass is 9.95. The Morgan fingerprint density at radius 3 is 2.68 bits per heavy atom. The fourth-order valence-electron chi connectivity index (χ4n) is 2.54. The molecule has 1 aliphatic heterocycles. The Kier molecular flexibility index (Phi) is 4.37. The van der Waals surface area contributed by atoms with Crippen molar-refractivity contribution >= 4 is 11.6 Å². The zero-order valence-electron chi connectivity index (χ0n) is 11.2. The molecule has 0 spiro atoms. The lowest BCUT2D eigenvalue weighted by Gasteiger charge is -2.33. The topological polar surface area (TPSA) is 58.4 Å². The number of amides is 1. The molecule has 1 aromatic carbocycles. The van der Waals surface area contributed by atoms with Gasteiger partial charge in [0.15, 0.2) is 0 Å². The van der Waals surface area contributed by atoms with E-state index in [9.17, 15) is 9.18 Å². The van der Waals surface area contributed by atoms with Crippen molar-refractivity contribution in [3.63, 3.8) is 0 Å². The van der Waals surface area contributed by atoms with Crippen LogP contribution < -0.4 is 16.0 Å². The number of anilines is 1. The van der Waals surface area contributed by atoms with Gasteiger partial charge in [-0.25, -0.2) is 4.39 Å². The third kappa shape index (κ3) is 3.23. The van der Waals surface area contributed by atoms with Crippen molar-refractivity contribution in [2.24, 2.45) is 11.7 Å². The molecule has 1 heterocycles. The van der Waals surface area contributed by atoms with Crippen LogP contribution in [0.15, 0.2) is 18.2 Å². The van der Waals surface area contributed by atoms with Crippen molar-refractivity contribution in [3.05, 3.63) is 29.6 Å². The molecule has 1 aromatic rings. The lowest BCUT2D eigenvalue weighted by Crippen LogP contribution is -2.39. The van der Waals surface area contributed by atoms with Crippen LogP contribution in [0.4, 0.5) is 10.1 Å². The molecule has 1 amide bonds. The molecule has 0 aliphatic carbocycles. The summed E-state index contributed by atoms with van der Waals surface area (Å²) in [5.41, 5.74) is 7.21. The minimum atomic E-state index is -0.258. The average Bonchev–Trinajstić information content (AvgIpc) is 2.46. The molecule has 0 unspecified atom stereocenters. The van der Waals surface area contributed by atoms with Gasteiger partial charge in [-0.2, -0.15) is 0 Å². The minimum Gasteiger partial charge on any atom is -0.371 e. The smallest absolute Gasteiger partial charge is 0.222 e. The molecule has 1 fully saturated rings. The van der Waals surface area contributed by atoms with Gasteiger partial charge in [0.2, 0.25) is 5.91 Å². The highest BCUT2D eigenvalue weighted by atomic mass is 19.1. The third-order valence-corrected chi connectivity index (χ3v) is 3.66. The summed E-state index contributed by atoms with van der Waals surface area (Å²) in [5, 5.41) is 2.68. The standard InChI is InChI=1S/C14H20FN3O/c1-17-14(19)11-2-4-18(5-3-11)13-7-10(9-16)6-12(15)8-13/h6-8,11H,2-5,9,16H2,1H3,(H,17,19). The minimum absolute atomic E-state index is 0.0730. The number of carbonyl (C=O) groups is 1. The van der Waals surface area contributed by atoms with Crippen LogP contribution in [0.25, 0.3) is 0 Å². The van der Waals surface area contributed by atoms with Crippen LogP contribution in [-0.2, 0) is 11.3 Å². The monoisotopic (exact) mass is 265 g/mol. The molecule has 3 N–H and O–H groups in total. The summed E-state index contributed by atoms with van der Waals surface area (Å²) in [6.45, 7) is 1.87. The fourth-order valence-corrected chi connectivity index (χ4v) is 2.54. The molecule has 0 saturated carbocycles. The first-order valence-corrected chi connectivity index (χ1v) is 6.60. The zero-order valence-corrected chi connectivity index (χ0v) is 11.2. The first kappa shape index (κ1) is 13.8. The third-order valence-electron chi connectivity index (χ3n) is 3.66. The molecular formula is C14H20FN3O. The predicted octanol–water partition coefficient (Wildman–Crippen LogP) is 1.25. The van der Waals surface area contributed by atoms with Gasteiger partial charge in [-0.15, -0.1) is 0 Å². The van der Waals surface area contributed by atoms with Gasteiger partial charge < -0.3 is 16.0 Å². The zero-order chi connectivity index (χ0) is 13.8. The molecule has 0 radical (unpaired) electrons. The van der Waals surface area contributed by atoms with Crippen LogP contribution in [0.5, 0.6) is 0 Å². The molecular weight excluding hydrogens is 245 g/mol. The van der Waals surface area contributed by atoms with Gasteiger partial charge in [0, 0.05) is 38.3 Å². The number of carbonyl (C=O) groups excluding carboxylic acids is 1. The highest BCUT2D eigenvalue weighted by molar-refractivity contribution is 5.78. The quantitative estimate of drug-likeness (QED) is 0.864. The second-order valence-electron chi connectivity index (χ2n) is 4.90. The summed E-state index contributed by atoms with van der Waals surface area (Å²) in [5.74, 6) is -0.0864. The second-order valence-corrected chi connectivity index (χ2v) is 4.90. The van der Waals surface area contributed by atoms with Gasteiger partial charge in [-0.1, -0.05) is 0 Å². The number of hydrogen-bond donors (Lipinski definition) is 2. The van der Waals surface area contributed by atoms with Crippen LogP contribution in [-0.4, -0.2) is 26.0 Å². The van der Waals surface area contributed by atoms with Crippen molar-refractivity contribution in [2.45, 2.75) is 19.4 Å². The summed E-state index contributed by atoms with van der Waals surface area (Å²) in [7, 11) is 1.66. The Morgan fingerprint density at radius 1 is 1.42 bits per heavy atom. The Morgan fingerprint density at radius 2 is 2.11 bits per heavy atom. The number of nitrogens with zero attached hydrogens (tertiary/aromatic N) is 1. The summed E-state index contributed by atoms with van der Waals surface area (Å²) in [6.07, 6.45) is 1.60. The summed E-state index contributed by atoms with van der Waals surface area (Å²) in [6, 6.07) is 4.91. The molecule has 19 heavy (non-hydrogen) atoms. The van der Waals surface area contributed by atoms with Crippen molar-refractivity contribution in [3.8, 4) is 0 Å². The van der Waals surface area contributed by atoms with Crippen molar-refractivity contribution in [2.75, 3.05) is 25.0 Å². The number of nitrogens with two attached hydrogens (primary N) is 1. The fraction of sp³-hybridized carbons (Fsp3) is 0.500. The van der Waals surface area contributed by atoms with E-state index in [1.165, 1.54) is 12.1 Å². The van der Waals surface area contributed by atoms with Crippen LogP contribution in [0.2, 0.25) is 0 Å². The Bertz CT molecular complexity index is 456. The Labute approximate surface area is 112 Å². The molecule has 104 valence electrons. The maximum Gasteiger partial charge on any atom is 0.222 e. The first-order valence-electron chi connectivity index (χ1n) is 6.60. The van der Waals surface area contributed by atoms with E-state index < -0.39 is 0 Å². The van der Waals surface area contributed by atoms with Crippen LogP contribution in [0, 0.1) is 11.7 Å². The second kappa shape index (κ2) is 6.02. The van der Waals surface area contributed by atoms with Gasteiger partial charge >= 0.3 is 0 Å². The summed E-state index contributed by atoms with van der Waals surface area (Å²) >= 11 is 0. The SMILES string of the molecule is CNC(=O)C1CCN(c2cc(F)cc(CN)c2)CC1. The van der Waals surface area contributed by atoms with E-state index in [4.69, 9.17) is 5.73 Å². The molecule has 0 atom stereocenters. The number of hydrogen-bond acceptors (Lipinski definition) is 3. The van der Waals surface area contributed by atoms with Crippen molar-refractivity contribution in [1.82, 2.24) is 5.32 Å². The molecule has 0 aromatic heterocycles. The van der Waals surface area contributed by atoms with Crippen molar-refractivity contribution < 1.29 is 9.18 Å². The van der Waals surface area contributed by atoms with Gasteiger partial charge in [-0.3, -0.25) is 4.79 Å². The average molecular weight is 265 g/mol. The number of nitrogens with one attached hydrogen (secondary N) is 1. The number of halogens is 1. The molecule has 1 aliphatic rings. The molecule has 0 bridgehead atoms. The largest absolute Gasteiger partial charge is 0.371 e. The number of benzene rings is 1. The van der Waals surface area contributed by atoms with Gasteiger partial charge in [0.05, 0.1) is 0 Å². The van der Waals surface area contributed by atoms with E-state index >= 15 is 0 Å². The van der Waals surface area contributed by atoms with E-state index in [0.29, 0.717) is 6.54 Å². The van der Waals surface area contributed by atoms with Crippen LogP contribution in [0.1, 0.15) is 18.4 Å². The Balaban J connectivity index is 2.05. The lowest BCUT2D eigenvalue weighted by molar-refractivity contribution is -0.125. The van der Waals surface area contributed by atoms with Gasteiger partial charge in [-0.05, 0) is 36.6 Å². The molecule has 4 nitrogen and oxygen atoms in total. The molecule has 5 heteroatoms. The van der Waals surface area contributed by atoms with E-state index in [0.717, 1.165) is 37.2 Å². The number of rotatable bonds is 3. The summed E-state index contributed by atoms with van der Waals surface area (Å²) in [4.78, 5) is 13.7. The highest BCUT2D eigenvalue weighted by Gasteiger charge is 2.24. The molecule has 2 rings (SSSR count). The normalized spacial score (nSPS) is 16.5. The molecule has 1 saturated heterocycles. The maximum atomic E-state index is 13.5. The van der Waals surface area contributed by atoms with Gasteiger partial charge in [0.25, 0.3) is 0 Å².